The van der Waals surface area contributed by atoms with Crippen LogP contribution in [-0.4, -0.2) is 17.6 Å². The first kappa shape index (κ1) is 15.8. The van der Waals surface area contributed by atoms with Gasteiger partial charge in [-0.1, -0.05) is 43.6 Å². The van der Waals surface area contributed by atoms with Gasteiger partial charge in [-0.3, -0.25) is 4.98 Å². The van der Waals surface area contributed by atoms with Crippen LogP contribution in [0.1, 0.15) is 30.9 Å². The molecule has 1 heterocycles. The van der Waals surface area contributed by atoms with Gasteiger partial charge in [0, 0.05) is 17.3 Å². The topological polar surface area (TPSA) is 48.1 Å². The van der Waals surface area contributed by atoms with Crippen LogP contribution in [0.2, 0.25) is 5.02 Å². The van der Waals surface area contributed by atoms with Crippen LogP contribution in [0.15, 0.2) is 42.7 Å². The summed E-state index contributed by atoms with van der Waals surface area (Å²) in [7, 11) is 0. The zero-order chi connectivity index (χ0) is 15.2. The summed E-state index contributed by atoms with van der Waals surface area (Å²) in [6, 6.07) is 9.65. The second-order valence-corrected chi connectivity index (χ2v) is 5.88. The summed E-state index contributed by atoms with van der Waals surface area (Å²) in [6.45, 7) is 4.70. The van der Waals surface area contributed by atoms with Gasteiger partial charge in [0.25, 0.3) is 0 Å². The number of benzene rings is 1. The highest BCUT2D eigenvalue weighted by Gasteiger charge is 2.09. The minimum absolute atomic E-state index is 0.104. The van der Waals surface area contributed by atoms with Crippen LogP contribution in [0, 0.1) is 0 Å². The zero-order valence-electron chi connectivity index (χ0n) is 12.4. The average Bonchev–Trinajstić information content (AvgIpc) is 2.48. The summed E-state index contributed by atoms with van der Waals surface area (Å²) in [5, 5.41) is 0.747. The van der Waals surface area contributed by atoms with Crippen molar-refractivity contribution in [3.63, 3.8) is 0 Å². The van der Waals surface area contributed by atoms with Crippen LogP contribution < -0.4 is 10.5 Å². The van der Waals surface area contributed by atoms with Crippen molar-refractivity contribution in [1.29, 1.82) is 0 Å². The van der Waals surface area contributed by atoms with Gasteiger partial charge in [0.2, 0.25) is 0 Å². The first-order chi connectivity index (χ1) is 10.1. The molecule has 112 valence electrons. The van der Waals surface area contributed by atoms with E-state index in [0.29, 0.717) is 18.9 Å². The Kier molecular flexibility index (Phi) is 5.59. The Hall–Kier alpha value is -1.58. The number of hydrogen-bond acceptors (Lipinski definition) is 3. The number of rotatable bonds is 6. The van der Waals surface area contributed by atoms with Gasteiger partial charge in [-0.2, -0.15) is 0 Å². The molecular weight excluding hydrogens is 284 g/mol. The number of halogens is 1. The lowest BCUT2D eigenvalue weighted by Gasteiger charge is -2.15. The summed E-state index contributed by atoms with van der Waals surface area (Å²) in [4.78, 5) is 4.20. The Labute approximate surface area is 131 Å². The molecular formula is C17H21ClN2O. The smallest absolute Gasteiger partial charge is 0.137 e. The predicted octanol–water partition coefficient (Wildman–Crippen LogP) is 3.81. The summed E-state index contributed by atoms with van der Waals surface area (Å²) in [5.74, 6) is 1.19. The third-order valence-electron chi connectivity index (χ3n) is 3.30. The van der Waals surface area contributed by atoms with E-state index in [9.17, 15) is 0 Å². The minimum Gasteiger partial charge on any atom is -0.490 e. The highest BCUT2D eigenvalue weighted by atomic mass is 35.5. The average molecular weight is 305 g/mol. The number of ether oxygens (including phenoxy) is 1. The van der Waals surface area contributed by atoms with Crippen molar-refractivity contribution in [2.75, 3.05) is 6.61 Å². The molecule has 1 unspecified atom stereocenters. The molecule has 2 N–H and O–H groups in total. The second-order valence-electron chi connectivity index (χ2n) is 5.48. The molecule has 0 aliphatic carbocycles. The fraction of sp³-hybridized carbons (Fsp3) is 0.353. The molecule has 0 saturated carbocycles. The number of hydrogen-bond donors (Lipinski definition) is 1. The van der Waals surface area contributed by atoms with Crippen LogP contribution in [-0.2, 0) is 6.42 Å². The molecule has 3 nitrogen and oxygen atoms in total. The van der Waals surface area contributed by atoms with Gasteiger partial charge in [-0.05, 0) is 35.6 Å². The lowest BCUT2D eigenvalue weighted by atomic mass is 10.1. The monoisotopic (exact) mass is 304 g/mol. The molecule has 1 aromatic heterocycles. The van der Waals surface area contributed by atoms with Gasteiger partial charge in [-0.25, -0.2) is 0 Å². The van der Waals surface area contributed by atoms with Crippen molar-refractivity contribution >= 4 is 11.6 Å². The van der Waals surface area contributed by atoms with Crippen molar-refractivity contribution in [3.8, 4) is 5.75 Å². The summed E-state index contributed by atoms with van der Waals surface area (Å²) >= 11 is 6.13. The van der Waals surface area contributed by atoms with Gasteiger partial charge in [0.05, 0.1) is 6.20 Å². The van der Waals surface area contributed by atoms with Crippen molar-refractivity contribution in [1.82, 2.24) is 4.98 Å². The molecule has 0 aliphatic heterocycles. The largest absolute Gasteiger partial charge is 0.490 e. The van der Waals surface area contributed by atoms with Crippen LogP contribution >= 0.6 is 11.6 Å². The van der Waals surface area contributed by atoms with Crippen molar-refractivity contribution in [3.05, 3.63) is 58.9 Å². The van der Waals surface area contributed by atoms with E-state index in [2.05, 4.69) is 18.8 Å². The molecule has 1 atom stereocenters. The van der Waals surface area contributed by atoms with Gasteiger partial charge in [0.1, 0.15) is 12.4 Å². The maximum Gasteiger partial charge on any atom is 0.137 e. The number of pyridine rings is 1. The van der Waals surface area contributed by atoms with E-state index in [1.165, 1.54) is 0 Å². The van der Waals surface area contributed by atoms with Crippen LogP contribution in [0.4, 0.5) is 0 Å². The maximum absolute atomic E-state index is 6.13. The van der Waals surface area contributed by atoms with E-state index in [4.69, 9.17) is 22.1 Å². The van der Waals surface area contributed by atoms with Crippen molar-refractivity contribution < 1.29 is 4.74 Å². The molecule has 2 rings (SSSR count). The normalized spacial score (nSPS) is 12.4. The summed E-state index contributed by atoms with van der Waals surface area (Å²) in [6.07, 6.45) is 4.27. The first-order valence-electron chi connectivity index (χ1n) is 7.13. The first-order valence-corrected chi connectivity index (χ1v) is 7.50. The number of nitrogens with zero attached hydrogens (tertiary/aromatic N) is 1. The van der Waals surface area contributed by atoms with Gasteiger partial charge >= 0.3 is 0 Å². The van der Waals surface area contributed by atoms with E-state index >= 15 is 0 Å². The van der Waals surface area contributed by atoms with Crippen LogP contribution in [0.25, 0.3) is 0 Å². The Morgan fingerprint density at radius 1 is 1.24 bits per heavy atom. The minimum atomic E-state index is -0.104. The molecule has 21 heavy (non-hydrogen) atoms. The third kappa shape index (κ3) is 4.73. The number of nitrogens with two attached hydrogens (primary N) is 1. The zero-order valence-corrected chi connectivity index (χ0v) is 13.2. The molecule has 2 aromatic rings. The van der Waals surface area contributed by atoms with Crippen molar-refractivity contribution in [2.24, 2.45) is 5.73 Å². The van der Waals surface area contributed by atoms with E-state index in [0.717, 1.165) is 21.9 Å². The maximum atomic E-state index is 6.13. The molecule has 0 bridgehead atoms. The van der Waals surface area contributed by atoms with E-state index in [-0.39, 0.29) is 6.04 Å². The molecule has 0 aliphatic rings. The molecule has 0 fully saturated rings. The predicted molar refractivity (Wildman–Crippen MR) is 87.0 cm³/mol. The van der Waals surface area contributed by atoms with Gasteiger partial charge < -0.3 is 10.5 Å². The van der Waals surface area contributed by atoms with Gasteiger partial charge in [0.15, 0.2) is 0 Å². The van der Waals surface area contributed by atoms with Crippen LogP contribution in [0.5, 0.6) is 5.75 Å². The Morgan fingerprint density at radius 2 is 2.00 bits per heavy atom. The van der Waals surface area contributed by atoms with Crippen molar-refractivity contribution in [2.45, 2.75) is 32.2 Å². The lowest BCUT2D eigenvalue weighted by Crippen LogP contribution is -2.30. The fourth-order valence-corrected chi connectivity index (χ4v) is 2.25. The van der Waals surface area contributed by atoms with E-state index < -0.39 is 0 Å². The summed E-state index contributed by atoms with van der Waals surface area (Å²) < 4.78 is 5.74. The van der Waals surface area contributed by atoms with E-state index in [1.54, 1.807) is 6.20 Å². The highest BCUT2D eigenvalue weighted by molar-refractivity contribution is 6.31. The highest BCUT2D eigenvalue weighted by Crippen LogP contribution is 2.19. The summed E-state index contributed by atoms with van der Waals surface area (Å²) in [5.41, 5.74) is 8.32. The van der Waals surface area contributed by atoms with E-state index in [1.807, 2.05) is 36.5 Å². The Bertz CT molecular complexity index is 587. The molecule has 0 saturated heterocycles. The molecule has 4 heteroatoms. The SMILES string of the molecule is CC(C)c1cncc(OCC(N)Cc2ccccc2Cl)c1. The molecule has 0 radical (unpaired) electrons. The lowest BCUT2D eigenvalue weighted by molar-refractivity contribution is 0.286. The van der Waals surface area contributed by atoms with Gasteiger partial charge in [-0.15, -0.1) is 0 Å². The Morgan fingerprint density at radius 3 is 2.71 bits per heavy atom. The standard InChI is InChI=1S/C17H21ClN2O/c1-12(2)14-8-16(10-20-9-14)21-11-15(19)7-13-5-3-4-6-17(13)18/h3-6,8-10,12,15H,7,11,19H2,1-2H3. The Balaban J connectivity index is 1.91. The molecule has 1 aromatic carbocycles. The number of aromatic nitrogens is 1. The van der Waals surface area contributed by atoms with Crippen LogP contribution in [0.3, 0.4) is 0 Å². The third-order valence-corrected chi connectivity index (χ3v) is 3.67. The quantitative estimate of drug-likeness (QED) is 0.883. The molecule has 0 spiro atoms. The fourth-order valence-electron chi connectivity index (χ4n) is 2.04. The molecule has 0 amide bonds. The second kappa shape index (κ2) is 7.43.